The Labute approximate surface area is 131 Å². The third kappa shape index (κ3) is 4.12. The van der Waals surface area contributed by atoms with Crippen molar-refractivity contribution >= 4 is 31.7 Å². The van der Waals surface area contributed by atoms with Crippen LogP contribution in [0.1, 0.15) is 16.1 Å². The van der Waals surface area contributed by atoms with Crippen LogP contribution < -0.4 is 5.32 Å². The molecule has 110 valence electrons. The Kier molecular flexibility index (Phi) is 4.74. The van der Waals surface area contributed by atoms with Gasteiger partial charge >= 0.3 is 0 Å². The summed E-state index contributed by atoms with van der Waals surface area (Å²) < 4.78 is 23.3. The zero-order valence-corrected chi connectivity index (χ0v) is 13.6. The second-order valence-corrected chi connectivity index (χ2v) is 7.30. The molecule has 1 N–H and O–H groups in total. The molecule has 1 amide bonds. The predicted molar refractivity (Wildman–Crippen MR) is 82.7 cm³/mol. The van der Waals surface area contributed by atoms with Gasteiger partial charge in [0, 0.05) is 23.5 Å². The number of carbonyl (C=O) groups excluding carboxylic acids is 1. The van der Waals surface area contributed by atoms with Gasteiger partial charge in [-0.15, -0.1) is 0 Å². The first-order valence-electron chi connectivity index (χ1n) is 6.05. The van der Waals surface area contributed by atoms with Crippen LogP contribution in [0.4, 0.5) is 0 Å². The monoisotopic (exact) mass is 368 g/mol. The third-order valence-corrected chi connectivity index (χ3v) is 4.55. The van der Waals surface area contributed by atoms with Crippen molar-refractivity contribution in [3.8, 4) is 0 Å². The van der Waals surface area contributed by atoms with E-state index >= 15 is 0 Å². The van der Waals surface area contributed by atoms with Crippen LogP contribution >= 0.6 is 15.9 Å². The number of pyridine rings is 1. The number of aromatic nitrogens is 1. The van der Waals surface area contributed by atoms with Gasteiger partial charge in [-0.05, 0) is 45.8 Å². The Morgan fingerprint density at radius 1 is 1.24 bits per heavy atom. The van der Waals surface area contributed by atoms with Crippen LogP contribution in [0.2, 0.25) is 0 Å². The molecule has 0 aliphatic rings. The van der Waals surface area contributed by atoms with Gasteiger partial charge in [-0.1, -0.05) is 12.1 Å². The van der Waals surface area contributed by atoms with E-state index < -0.39 is 9.84 Å². The molecule has 0 atom stereocenters. The normalized spacial score (nSPS) is 11.1. The molecule has 2 aromatic rings. The molecule has 0 spiro atoms. The van der Waals surface area contributed by atoms with Crippen LogP contribution in [0.25, 0.3) is 0 Å². The molecule has 0 fully saturated rings. The first-order chi connectivity index (χ1) is 9.88. The highest BCUT2D eigenvalue weighted by Crippen LogP contribution is 2.13. The van der Waals surface area contributed by atoms with E-state index in [0.717, 1.165) is 11.8 Å². The van der Waals surface area contributed by atoms with Crippen LogP contribution in [-0.4, -0.2) is 25.6 Å². The summed E-state index contributed by atoms with van der Waals surface area (Å²) in [4.78, 5) is 16.2. The van der Waals surface area contributed by atoms with Gasteiger partial charge in [-0.25, -0.2) is 13.4 Å². The molecule has 1 heterocycles. The summed E-state index contributed by atoms with van der Waals surface area (Å²) >= 11 is 3.26. The van der Waals surface area contributed by atoms with E-state index in [-0.39, 0.29) is 10.8 Å². The lowest BCUT2D eigenvalue weighted by Crippen LogP contribution is -2.24. The van der Waals surface area contributed by atoms with Crippen LogP contribution in [0.3, 0.4) is 0 Å². The number of nitrogens with one attached hydrogen (secondary N) is 1. The number of nitrogens with zero attached hydrogens (tertiary/aromatic N) is 1. The van der Waals surface area contributed by atoms with Crippen molar-refractivity contribution in [3.05, 3.63) is 58.3 Å². The van der Waals surface area contributed by atoms with Crippen molar-refractivity contribution in [3.63, 3.8) is 0 Å². The van der Waals surface area contributed by atoms with Crippen molar-refractivity contribution in [1.82, 2.24) is 10.3 Å². The van der Waals surface area contributed by atoms with Gasteiger partial charge in [0.25, 0.3) is 5.91 Å². The zero-order chi connectivity index (χ0) is 15.5. The Bertz CT molecular complexity index is 758. The topological polar surface area (TPSA) is 76.1 Å². The maximum atomic E-state index is 12.0. The first-order valence-corrected chi connectivity index (χ1v) is 8.74. The van der Waals surface area contributed by atoms with Crippen LogP contribution in [0, 0.1) is 0 Å². The molecule has 0 aliphatic heterocycles. The van der Waals surface area contributed by atoms with Gasteiger partial charge < -0.3 is 5.32 Å². The van der Waals surface area contributed by atoms with Crippen LogP contribution in [0.15, 0.2) is 52.0 Å². The first kappa shape index (κ1) is 15.7. The summed E-state index contributed by atoms with van der Waals surface area (Å²) in [6.07, 6.45) is 2.70. The number of rotatable bonds is 4. The number of benzene rings is 1. The van der Waals surface area contributed by atoms with E-state index in [9.17, 15) is 13.2 Å². The van der Waals surface area contributed by atoms with Gasteiger partial charge in [-0.2, -0.15) is 0 Å². The summed E-state index contributed by atoms with van der Waals surface area (Å²) in [7, 11) is -3.20. The molecule has 21 heavy (non-hydrogen) atoms. The molecule has 0 radical (unpaired) electrons. The van der Waals surface area contributed by atoms with E-state index in [1.165, 1.54) is 12.1 Å². The average Bonchev–Trinajstić information content (AvgIpc) is 2.45. The second-order valence-electron chi connectivity index (χ2n) is 4.43. The van der Waals surface area contributed by atoms with E-state index in [1.807, 2.05) is 0 Å². The maximum Gasteiger partial charge on any atom is 0.271 e. The van der Waals surface area contributed by atoms with Crippen molar-refractivity contribution in [2.24, 2.45) is 0 Å². The molecule has 1 aromatic carbocycles. The number of halogens is 1. The summed E-state index contributed by atoms with van der Waals surface area (Å²) in [5, 5.41) is 2.73. The predicted octanol–water partition coefficient (Wildman–Crippen LogP) is 2.18. The van der Waals surface area contributed by atoms with Gasteiger partial charge in [0.1, 0.15) is 5.69 Å². The minimum absolute atomic E-state index is 0.255. The Morgan fingerprint density at radius 2 is 1.90 bits per heavy atom. The quantitative estimate of drug-likeness (QED) is 0.896. The number of amides is 1. The van der Waals surface area contributed by atoms with Crippen LogP contribution in [-0.2, 0) is 16.4 Å². The standard InChI is InChI=1S/C14H13BrN2O3S/c1-21(19,20)11-6-4-10(5-7-11)9-17-14(18)13-12(15)3-2-8-16-13/h2-8H,9H2,1H3,(H,17,18). The number of hydrogen-bond acceptors (Lipinski definition) is 4. The van der Waals surface area contributed by atoms with Crippen molar-refractivity contribution in [2.45, 2.75) is 11.4 Å². The second kappa shape index (κ2) is 6.36. The third-order valence-electron chi connectivity index (χ3n) is 2.78. The minimum atomic E-state index is -3.20. The Hall–Kier alpha value is -1.73. The highest BCUT2D eigenvalue weighted by molar-refractivity contribution is 9.10. The number of hydrogen-bond donors (Lipinski definition) is 1. The molecule has 7 heteroatoms. The fraction of sp³-hybridized carbons (Fsp3) is 0.143. The fourth-order valence-electron chi connectivity index (χ4n) is 1.67. The lowest BCUT2D eigenvalue weighted by Gasteiger charge is -2.06. The van der Waals surface area contributed by atoms with Gasteiger partial charge in [0.05, 0.1) is 4.90 Å². The van der Waals surface area contributed by atoms with E-state index in [2.05, 4.69) is 26.2 Å². The molecule has 0 saturated heterocycles. The molecule has 0 unspecified atom stereocenters. The Morgan fingerprint density at radius 3 is 2.48 bits per heavy atom. The smallest absolute Gasteiger partial charge is 0.271 e. The maximum absolute atomic E-state index is 12.0. The van der Waals surface area contributed by atoms with E-state index in [1.54, 1.807) is 30.5 Å². The van der Waals surface area contributed by atoms with Crippen LogP contribution in [0.5, 0.6) is 0 Å². The fourth-order valence-corrected chi connectivity index (χ4v) is 2.74. The molecule has 0 aliphatic carbocycles. The summed E-state index contributed by atoms with van der Waals surface area (Å²) in [6, 6.07) is 9.85. The number of sulfone groups is 1. The lowest BCUT2D eigenvalue weighted by molar-refractivity contribution is 0.0945. The molecule has 0 bridgehead atoms. The highest BCUT2D eigenvalue weighted by atomic mass is 79.9. The molecule has 1 aromatic heterocycles. The molecular formula is C14H13BrN2O3S. The SMILES string of the molecule is CS(=O)(=O)c1ccc(CNC(=O)c2ncccc2Br)cc1. The number of carbonyl (C=O) groups is 1. The zero-order valence-electron chi connectivity index (χ0n) is 11.2. The van der Waals surface area contributed by atoms with Crippen molar-refractivity contribution < 1.29 is 13.2 Å². The van der Waals surface area contributed by atoms with Gasteiger partial charge in [0.2, 0.25) is 0 Å². The van der Waals surface area contributed by atoms with Crippen molar-refractivity contribution in [1.29, 1.82) is 0 Å². The Balaban J connectivity index is 2.04. The minimum Gasteiger partial charge on any atom is -0.347 e. The highest BCUT2D eigenvalue weighted by Gasteiger charge is 2.11. The van der Waals surface area contributed by atoms with Gasteiger partial charge in [0.15, 0.2) is 9.84 Å². The van der Waals surface area contributed by atoms with Crippen molar-refractivity contribution in [2.75, 3.05) is 6.26 Å². The van der Waals surface area contributed by atoms with E-state index in [0.29, 0.717) is 16.7 Å². The lowest BCUT2D eigenvalue weighted by atomic mass is 10.2. The van der Waals surface area contributed by atoms with Gasteiger partial charge in [-0.3, -0.25) is 4.79 Å². The summed E-state index contributed by atoms with van der Waals surface area (Å²) in [5.74, 6) is -0.297. The summed E-state index contributed by atoms with van der Waals surface area (Å²) in [6.45, 7) is 0.298. The molecule has 5 nitrogen and oxygen atoms in total. The molecule has 0 saturated carbocycles. The summed E-state index contributed by atoms with van der Waals surface area (Å²) in [5.41, 5.74) is 1.12. The molecular weight excluding hydrogens is 356 g/mol. The van der Waals surface area contributed by atoms with E-state index in [4.69, 9.17) is 0 Å². The average molecular weight is 369 g/mol. The molecule has 2 rings (SSSR count). The largest absolute Gasteiger partial charge is 0.347 e.